The highest BCUT2D eigenvalue weighted by molar-refractivity contribution is 6.02. The Kier molecular flexibility index (Phi) is 2.48. The predicted molar refractivity (Wildman–Crippen MR) is 62.1 cm³/mol. The number of rotatable bonds is 2. The number of nitrogens with zero attached hydrogens (tertiary/aromatic N) is 1. The first-order chi connectivity index (χ1) is 7.63. The number of H-pyrrole nitrogens is 1. The zero-order chi connectivity index (χ0) is 11.7. The second kappa shape index (κ2) is 3.81. The van der Waals surface area contributed by atoms with E-state index in [1.54, 1.807) is 0 Å². The van der Waals surface area contributed by atoms with Crippen molar-refractivity contribution in [3.05, 3.63) is 36.0 Å². The van der Waals surface area contributed by atoms with Crippen molar-refractivity contribution in [3.63, 3.8) is 0 Å². The number of aromatic nitrogens is 2. The smallest absolute Gasteiger partial charge is 0.359 e. The highest BCUT2D eigenvalue weighted by atomic mass is 16.5. The van der Waals surface area contributed by atoms with Crippen LogP contribution in [0.4, 0.5) is 0 Å². The van der Waals surface area contributed by atoms with Crippen molar-refractivity contribution in [3.8, 4) is 0 Å². The molecule has 0 radical (unpaired) electrons. The molecule has 4 heteroatoms. The number of aromatic amines is 1. The number of methoxy groups -OCH3 is 1. The summed E-state index contributed by atoms with van der Waals surface area (Å²) in [5.41, 5.74) is 3.05. The van der Waals surface area contributed by atoms with Crippen molar-refractivity contribution in [1.82, 2.24) is 10.2 Å². The number of ether oxygens (including phenoxy) is 1. The number of benzene rings is 1. The molecule has 0 bridgehead atoms. The molecule has 0 fully saturated rings. The van der Waals surface area contributed by atoms with Crippen LogP contribution in [0.5, 0.6) is 0 Å². The van der Waals surface area contributed by atoms with Crippen molar-refractivity contribution in [1.29, 1.82) is 0 Å². The lowest BCUT2D eigenvalue weighted by Crippen LogP contribution is -2.01. The summed E-state index contributed by atoms with van der Waals surface area (Å²) in [6, 6.07) is 5.69. The van der Waals surface area contributed by atoms with Gasteiger partial charge in [0.2, 0.25) is 0 Å². The van der Waals surface area contributed by atoms with Gasteiger partial charge in [-0.25, -0.2) is 4.79 Å². The zero-order valence-electron chi connectivity index (χ0n) is 9.20. The Bertz CT molecular complexity index is 569. The fourth-order valence-corrected chi connectivity index (χ4v) is 1.53. The second-order valence-electron chi connectivity index (χ2n) is 3.60. The lowest BCUT2D eigenvalue weighted by Gasteiger charge is -2.00. The Morgan fingerprint density at radius 3 is 2.88 bits per heavy atom. The maximum absolute atomic E-state index is 11.4. The number of carbonyl (C=O) groups excluding carboxylic acids is 1. The van der Waals surface area contributed by atoms with Gasteiger partial charge >= 0.3 is 5.97 Å². The monoisotopic (exact) mass is 216 g/mol. The minimum absolute atomic E-state index is 0.306. The van der Waals surface area contributed by atoms with E-state index in [0.717, 1.165) is 22.0 Å². The number of carbonyl (C=O) groups is 1. The molecular formula is C12H12N2O2. The van der Waals surface area contributed by atoms with Gasteiger partial charge in [-0.3, -0.25) is 5.10 Å². The number of fused-ring (bicyclic) bond motifs is 1. The fraction of sp³-hybridized carbons (Fsp3) is 0.167. The molecule has 0 saturated carbocycles. The van der Waals surface area contributed by atoms with Crippen LogP contribution in [0.2, 0.25) is 0 Å². The van der Waals surface area contributed by atoms with Gasteiger partial charge in [-0.15, -0.1) is 0 Å². The fourth-order valence-electron chi connectivity index (χ4n) is 1.53. The van der Waals surface area contributed by atoms with Crippen LogP contribution in [0, 0.1) is 0 Å². The van der Waals surface area contributed by atoms with Crippen molar-refractivity contribution in [2.45, 2.75) is 6.92 Å². The summed E-state index contributed by atoms with van der Waals surface area (Å²) in [6.07, 6.45) is 0. The van der Waals surface area contributed by atoms with Crippen molar-refractivity contribution >= 4 is 22.4 Å². The van der Waals surface area contributed by atoms with E-state index in [2.05, 4.69) is 21.5 Å². The van der Waals surface area contributed by atoms with Gasteiger partial charge < -0.3 is 4.74 Å². The molecule has 82 valence electrons. The van der Waals surface area contributed by atoms with Crippen LogP contribution in [0.15, 0.2) is 24.8 Å². The average molecular weight is 216 g/mol. The molecule has 0 spiro atoms. The summed E-state index contributed by atoms with van der Waals surface area (Å²) in [5.74, 6) is -0.440. The highest BCUT2D eigenvalue weighted by Crippen LogP contribution is 2.21. The van der Waals surface area contributed by atoms with Gasteiger partial charge in [0.25, 0.3) is 0 Å². The first kappa shape index (κ1) is 10.4. The maximum atomic E-state index is 11.4. The topological polar surface area (TPSA) is 55.0 Å². The normalized spacial score (nSPS) is 10.4. The molecule has 1 heterocycles. The third-order valence-corrected chi connectivity index (χ3v) is 2.43. The molecule has 0 aliphatic rings. The van der Waals surface area contributed by atoms with Crippen molar-refractivity contribution < 1.29 is 9.53 Å². The number of esters is 1. The molecule has 16 heavy (non-hydrogen) atoms. The Hall–Kier alpha value is -2.10. The van der Waals surface area contributed by atoms with E-state index < -0.39 is 5.97 Å². The second-order valence-corrected chi connectivity index (χ2v) is 3.60. The minimum Gasteiger partial charge on any atom is -0.464 e. The highest BCUT2D eigenvalue weighted by Gasteiger charge is 2.14. The third kappa shape index (κ3) is 1.58. The Morgan fingerprint density at radius 1 is 1.50 bits per heavy atom. The molecule has 0 saturated heterocycles. The van der Waals surface area contributed by atoms with Crippen LogP contribution in [-0.2, 0) is 4.74 Å². The van der Waals surface area contributed by atoms with Gasteiger partial charge in [0.05, 0.1) is 12.6 Å². The van der Waals surface area contributed by atoms with E-state index in [-0.39, 0.29) is 0 Å². The summed E-state index contributed by atoms with van der Waals surface area (Å²) in [7, 11) is 1.34. The Balaban J connectivity index is 2.64. The zero-order valence-corrected chi connectivity index (χ0v) is 9.20. The maximum Gasteiger partial charge on any atom is 0.359 e. The van der Waals surface area contributed by atoms with Gasteiger partial charge in [-0.2, -0.15) is 5.10 Å². The minimum atomic E-state index is -0.440. The molecule has 0 atom stereocenters. The molecule has 2 rings (SSSR count). The summed E-state index contributed by atoms with van der Waals surface area (Å²) < 4.78 is 4.66. The van der Waals surface area contributed by atoms with E-state index >= 15 is 0 Å². The molecule has 0 unspecified atom stereocenters. The third-order valence-electron chi connectivity index (χ3n) is 2.43. The van der Waals surface area contributed by atoms with Crippen LogP contribution in [0.1, 0.15) is 23.0 Å². The predicted octanol–water partition coefficient (Wildman–Crippen LogP) is 2.38. The van der Waals surface area contributed by atoms with Gasteiger partial charge in [0.15, 0.2) is 5.69 Å². The van der Waals surface area contributed by atoms with E-state index in [0.29, 0.717) is 5.69 Å². The molecule has 1 N–H and O–H groups in total. The number of hydrogen-bond acceptors (Lipinski definition) is 3. The molecule has 0 aliphatic carbocycles. The molecular weight excluding hydrogens is 204 g/mol. The van der Waals surface area contributed by atoms with Gasteiger partial charge in [0.1, 0.15) is 0 Å². The van der Waals surface area contributed by atoms with Gasteiger partial charge in [-0.1, -0.05) is 18.2 Å². The standard InChI is InChI=1S/C12H12N2O2/c1-7(2)8-4-5-10-9(6-8)11(14-13-10)12(15)16-3/h4-6H,1H2,2-3H3,(H,13,14). The van der Waals surface area contributed by atoms with Crippen LogP contribution >= 0.6 is 0 Å². The summed E-state index contributed by atoms with van der Waals surface area (Å²) in [5, 5.41) is 7.48. The molecule has 4 nitrogen and oxygen atoms in total. The molecule has 1 aromatic carbocycles. The lowest BCUT2D eigenvalue weighted by atomic mass is 10.1. The van der Waals surface area contributed by atoms with E-state index in [9.17, 15) is 4.79 Å². The van der Waals surface area contributed by atoms with Crippen molar-refractivity contribution in [2.24, 2.45) is 0 Å². The van der Waals surface area contributed by atoms with Crippen LogP contribution in [0.3, 0.4) is 0 Å². The van der Waals surface area contributed by atoms with E-state index in [1.807, 2.05) is 25.1 Å². The van der Waals surface area contributed by atoms with Crippen LogP contribution in [0.25, 0.3) is 16.5 Å². The number of hydrogen-bond donors (Lipinski definition) is 1. The summed E-state index contributed by atoms with van der Waals surface area (Å²) in [4.78, 5) is 11.4. The first-order valence-electron chi connectivity index (χ1n) is 4.86. The van der Waals surface area contributed by atoms with Crippen LogP contribution < -0.4 is 0 Å². The van der Waals surface area contributed by atoms with Crippen molar-refractivity contribution in [2.75, 3.05) is 7.11 Å². The molecule has 0 amide bonds. The SMILES string of the molecule is C=C(C)c1ccc2[nH]nc(C(=O)OC)c2c1. The molecule has 0 aliphatic heterocycles. The Morgan fingerprint density at radius 2 is 2.25 bits per heavy atom. The number of nitrogens with one attached hydrogen (secondary N) is 1. The van der Waals surface area contributed by atoms with E-state index in [1.165, 1.54) is 7.11 Å². The molecule has 2 aromatic rings. The van der Waals surface area contributed by atoms with E-state index in [4.69, 9.17) is 0 Å². The van der Waals surface area contributed by atoms with Gasteiger partial charge in [-0.05, 0) is 24.6 Å². The van der Waals surface area contributed by atoms with Crippen LogP contribution in [-0.4, -0.2) is 23.3 Å². The quantitative estimate of drug-likeness (QED) is 0.784. The molecule has 1 aromatic heterocycles. The van der Waals surface area contributed by atoms with Gasteiger partial charge in [0, 0.05) is 5.39 Å². The largest absolute Gasteiger partial charge is 0.464 e. The summed E-state index contributed by atoms with van der Waals surface area (Å²) >= 11 is 0. The number of allylic oxidation sites excluding steroid dienone is 1. The Labute approximate surface area is 92.9 Å². The summed E-state index contributed by atoms with van der Waals surface area (Å²) in [6.45, 7) is 5.78. The lowest BCUT2D eigenvalue weighted by molar-refractivity contribution is 0.0596. The first-order valence-corrected chi connectivity index (χ1v) is 4.86. The average Bonchev–Trinajstić information content (AvgIpc) is 2.70.